The van der Waals surface area contributed by atoms with Crippen molar-refractivity contribution >= 4 is 11.3 Å². The summed E-state index contributed by atoms with van der Waals surface area (Å²) in [6, 6.07) is 9.74. The van der Waals surface area contributed by atoms with Gasteiger partial charge in [-0.25, -0.2) is 4.98 Å². The van der Waals surface area contributed by atoms with Crippen molar-refractivity contribution in [3.05, 3.63) is 52.0 Å². The first-order chi connectivity index (χ1) is 9.79. The predicted octanol–water partition coefficient (Wildman–Crippen LogP) is 3.60. The molecule has 2 aromatic rings. The topological polar surface area (TPSA) is 24.9 Å². The van der Waals surface area contributed by atoms with Crippen LogP contribution in [0.4, 0.5) is 0 Å². The van der Waals surface area contributed by atoms with Gasteiger partial charge in [-0.3, -0.25) is 0 Å². The van der Waals surface area contributed by atoms with Crippen LogP contribution in [0.5, 0.6) is 0 Å². The predicted molar refractivity (Wildman–Crippen MR) is 85.2 cm³/mol. The van der Waals surface area contributed by atoms with Gasteiger partial charge in [0.2, 0.25) is 0 Å². The van der Waals surface area contributed by atoms with Crippen LogP contribution in [0.3, 0.4) is 0 Å². The molecule has 1 aromatic heterocycles. The van der Waals surface area contributed by atoms with E-state index >= 15 is 0 Å². The largest absolute Gasteiger partial charge is 0.314 e. The van der Waals surface area contributed by atoms with Gasteiger partial charge in [0.05, 0.1) is 5.01 Å². The Kier molecular flexibility index (Phi) is 4.48. The maximum Gasteiger partial charge on any atom is 0.0928 e. The second kappa shape index (κ2) is 6.51. The molecule has 0 aliphatic heterocycles. The first kappa shape index (κ1) is 13.8. The highest BCUT2D eigenvalue weighted by Gasteiger charge is 2.22. The summed E-state index contributed by atoms with van der Waals surface area (Å²) in [4.78, 5) is 4.45. The van der Waals surface area contributed by atoms with Crippen molar-refractivity contribution in [2.24, 2.45) is 5.92 Å². The molecule has 106 valence electrons. The number of aryl methyl sites for hydroxylation is 1. The minimum atomic E-state index is 0.643. The summed E-state index contributed by atoms with van der Waals surface area (Å²) in [6.07, 6.45) is 6.85. The Morgan fingerprint density at radius 3 is 2.70 bits per heavy atom. The Morgan fingerprint density at radius 2 is 2.05 bits per heavy atom. The normalized spacial score (nSPS) is 16.2. The molecule has 0 radical (unpaired) electrons. The molecule has 1 aliphatic rings. The lowest BCUT2D eigenvalue weighted by atomic mass is 9.95. The van der Waals surface area contributed by atoms with E-state index in [-0.39, 0.29) is 0 Å². The van der Waals surface area contributed by atoms with Crippen molar-refractivity contribution in [1.82, 2.24) is 10.3 Å². The highest BCUT2D eigenvalue weighted by Crippen LogP contribution is 2.21. The zero-order valence-corrected chi connectivity index (χ0v) is 12.8. The molecule has 1 heterocycles. The molecular formula is C17H22N2S. The van der Waals surface area contributed by atoms with E-state index < -0.39 is 0 Å². The molecule has 1 atom stereocenters. The van der Waals surface area contributed by atoms with E-state index in [1.54, 1.807) is 11.3 Å². The van der Waals surface area contributed by atoms with Crippen LogP contribution in [0.25, 0.3) is 0 Å². The third-order valence-electron chi connectivity index (χ3n) is 3.86. The van der Waals surface area contributed by atoms with Crippen LogP contribution in [-0.4, -0.2) is 17.6 Å². The Morgan fingerprint density at radius 1 is 1.25 bits per heavy atom. The third kappa shape index (κ3) is 4.15. The summed E-state index contributed by atoms with van der Waals surface area (Å²) in [5.74, 6) is 0.643. The highest BCUT2D eigenvalue weighted by molar-refractivity contribution is 7.09. The van der Waals surface area contributed by atoms with Gasteiger partial charge in [-0.1, -0.05) is 29.8 Å². The molecule has 0 saturated heterocycles. The average molecular weight is 286 g/mol. The molecular weight excluding hydrogens is 264 g/mol. The van der Waals surface area contributed by atoms with Crippen LogP contribution in [-0.2, 0) is 12.8 Å². The van der Waals surface area contributed by atoms with Gasteiger partial charge in [0.25, 0.3) is 0 Å². The molecule has 1 aromatic carbocycles. The number of nitrogens with one attached hydrogen (secondary N) is 1. The zero-order chi connectivity index (χ0) is 13.8. The van der Waals surface area contributed by atoms with Gasteiger partial charge < -0.3 is 5.32 Å². The van der Waals surface area contributed by atoms with Crippen molar-refractivity contribution in [3.8, 4) is 0 Å². The average Bonchev–Trinajstić information content (AvgIpc) is 3.15. The standard InChI is InChI=1S/C17H22N2S/c1-13-2-4-14(5-3-13)10-15(12-19-16-6-7-16)11-17-18-8-9-20-17/h2-5,8-9,15-16,19H,6-7,10-12H2,1H3. The summed E-state index contributed by atoms with van der Waals surface area (Å²) in [5, 5.41) is 7.02. The van der Waals surface area contributed by atoms with Gasteiger partial charge >= 0.3 is 0 Å². The van der Waals surface area contributed by atoms with Crippen molar-refractivity contribution < 1.29 is 0 Å². The van der Waals surface area contributed by atoms with E-state index in [4.69, 9.17) is 0 Å². The Labute approximate surface area is 125 Å². The smallest absolute Gasteiger partial charge is 0.0928 e. The van der Waals surface area contributed by atoms with Crippen molar-refractivity contribution in [2.75, 3.05) is 6.54 Å². The van der Waals surface area contributed by atoms with Gasteiger partial charge in [0, 0.05) is 24.0 Å². The molecule has 0 bridgehead atoms. The molecule has 0 amide bonds. The van der Waals surface area contributed by atoms with Crippen LogP contribution in [0.2, 0.25) is 0 Å². The lowest BCUT2D eigenvalue weighted by Crippen LogP contribution is -2.27. The van der Waals surface area contributed by atoms with E-state index in [1.165, 1.54) is 29.0 Å². The Balaban J connectivity index is 1.61. The number of nitrogens with zero attached hydrogens (tertiary/aromatic N) is 1. The van der Waals surface area contributed by atoms with Gasteiger partial charge in [0.15, 0.2) is 0 Å². The minimum Gasteiger partial charge on any atom is -0.314 e. The summed E-state index contributed by atoms with van der Waals surface area (Å²) >= 11 is 1.78. The van der Waals surface area contributed by atoms with Gasteiger partial charge in [-0.2, -0.15) is 0 Å². The Hall–Kier alpha value is -1.19. The summed E-state index contributed by atoms with van der Waals surface area (Å²) in [5.41, 5.74) is 2.77. The summed E-state index contributed by atoms with van der Waals surface area (Å²) in [7, 11) is 0. The number of hydrogen-bond acceptors (Lipinski definition) is 3. The fourth-order valence-corrected chi connectivity index (χ4v) is 3.23. The molecule has 3 rings (SSSR count). The lowest BCUT2D eigenvalue weighted by Gasteiger charge is -2.17. The number of aromatic nitrogens is 1. The van der Waals surface area contributed by atoms with Crippen molar-refractivity contribution in [1.29, 1.82) is 0 Å². The first-order valence-corrected chi connectivity index (χ1v) is 8.35. The fraction of sp³-hybridized carbons (Fsp3) is 0.471. The van der Waals surface area contributed by atoms with Gasteiger partial charge in [0.1, 0.15) is 0 Å². The number of rotatable bonds is 7. The molecule has 3 heteroatoms. The maximum absolute atomic E-state index is 4.45. The second-order valence-corrected chi connectivity index (χ2v) is 6.85. The lowest BCUT2D eigenvalue weighted by molar-refractivity contribution is 0.468. The SMILES string of the molecule is Cc1ccc(CC(CNC2CC2)Cc2nccs2)cc1. The van der Waals surface area contributed by atoms with Gasteiger partial charge in [-0.05, 0) is 44.2 Å². The molecule has 1 N–H and O–H groups in total. The van der Waals surface area contributed by atoms with Crippen molar-refractivity contribution in [2.45, 2.75) is 38.6 Å². The number of hydrogen-bond donors (Lipinski definition) is 1. The third-order valence-corrected chi connectivity index (χ3v) is 4.67. The van der Waals surface area contributed by atoms with E-state index in [0.29, 0.717) is 5.92 Å². The summed E-state index contributed by atoms with van der Waals surface area (Å²) < 4.78 is 0. The quantitative estimate of drug-likeness (QED) is 0.841. The van der Waals surface area contributed by atoms with E-state index in [1.807, 2.05) is 6.20 Å². The van der Waals surface area contributed by atoms with Crippen LogP contribution < -0.4 is 5.32 Å². The van der Waals surface area contributed by atoms with E-state index in [9.17, 15) is 0 Å². The van der Waals surface area contributed by atoms with Crippen LogP contribution in [0.15, 0.2) is 35.8 Å². The highest BCUT2D eigenvalue weighted by atomic mass is 32.1. The molecule has 1 unspecified atom stereocenters. The molecule has 20 heavy (non-hydrogen) atoms. The monoisotopic (exact) mass is 286 g/mol. The van der Waals surface area contributed by atoms with Crippen LogP contribution >= 0.6 is 11.3 Å². The number of thiazole rings is 1. The Bertz CT molecular complexity index is 514. The van der Waals surface area contributed by atoms with E-state index in [0.717, 1.165) is 25.4 Å². The minimum absolute atomic E-state index is 0.643. The zero-order valence-electron chi connectivity index (χ0n) is 12.0. The second-order valence-electron chi connectivity index (χ2n) is 5.87. The maximum atomic E-state index is 4.45. The molecule has 2 nitrogen and oxygen atoms in total. The number of benzene rings is 1. The molecule has 0 spiro atoms. The first-order valence-electron chi connectivity index (χ1n) is 7.47. The van der Waals surface area contributed by atoms with Gasteiger partial charge in [-0.15, -0.1) is 11.3 Å². The van der Waals surface area contributed by atoms with Crippen LogP contribution in [0.1, 0.15) is 29.0 Å². The van der Waals surface area contributed by atoms with E-state index in [2.05, 4.69) is 46.9 Å². The molecule has 1 fully saturated rings. The van der Waals surface area contributed by atoms with Crippen molar-refractivity contribution in [3.63, 3.8) is 0 Å². The summed E-state index contributed by atoms with van der Waals surface area (Å²) in [6.45, 7) is 3.25. The molecule has 1 aliphatic carbocycles. The fourth-order valence-electron chi connectivity index (χ4n) is 2.50. The molecule has 1 saturated carbocycles. The van der Waals surface area contributed by atoms with Crippen LogP contribution in [0, 0.1) is 12.8 Å².